The minimum atomic E-state index is -0.496. The monoisotopic (exact) mass is 872 g/mol. The van der Waals surface area contributed by atoms with Crippen LogP contribution in [0, 0.1) is 0 Å². The second-order valence-corrected chi connectivity index (χ2v) is 15.9. The van der Waals surface area contributed by atoms with Crippen LogP contribution in [0.5, 0.6) is 0 Å². The highest BCUT2D eigenvalue weighted by atomic mass is 35.5. The lowest BCUT2D eigenvalue weighted by molar-refractivity contribution is 0.0910. The van der Waals surface area contributed by atoms with Crippen molar-refractivity contribution in [2.75, 3.05) is 21.3 Å². The van der Waals surface area contributed by atoms with E-state index in [4.69, 9.17) is 69.5 Å². The third-order valence-corrected chi connectivity index (χ3v) is 11.9. The lowest BCUT2D eigenvalue weighted by atomic mass is 9.99. The van der Waals surface area contributed by atoms with Gasteiger partial charge in [-0.05, 0) is 95.6 Å². The maximum absolute atomic E-state index is 13.6. The maximum Gasteiger partial charge on any atom is 0.266 e. The first-order chi connectivity index (χ1) is 28.3. The van der Waals surface area contributed by atoms with Crippen molar-refractivity contribution in [1.82, 2.24) is 0 Å². The third kappa shape index (κ3) is 6.50. The summed E-state index contributed by atoms with van der Waals surface area (Å²) in [5.74, 6) is -1.94. The fraction of sp³-hybridized carbons (Fsp3) is 0. The summed E-state index contributed by atoms with van der Waals surface area (Å²) in [4.78, 5) is 56.4. The molecule has 9 rings (SSSR count). The van der Waals surface area contributed by atoms with Gasteiger partial charge in [-0.1, -0.05) is 107 Å². The molecule has 0 atom stereocenters. The van der Waals surface area contributed by atoms with Crippen LogP contribution in [0.4, 0.5) is 22.7 Å². The van der Waals surface area contributed by atoms with E-state index < -0.39 is 23.6 Å². The lowest BCUT2D eigenvalue weighted by Gasteiger charge is -2.17. The Labute approximate surface area is 362 Å². The van der Waals surface area contributed by atoms with Crippen LogP contribution in [0.2, 0.25) is 25.1 Å². The summed E-state index contributed by atoms with van der Waals surface area (Å²) in [5.41, 5.74) is 19.4. The molecule has 4 amide bonds. The van der Waals surface area contributed by atoms with E-state index in [2.05, 4.69) is 0 Å². The Morgan fingerprint density at radius 3 is 1.00 bits per heavy atom. The van der Waals surface area contributed by atoms with Crippen LogP contribution in [0.15, 0.2) is 127 Å². The summed E-state index contributed by atoms with van der Waals surface area (Å²) in [6.45, 7) is 0. The van der Waals surface area contributed by atoms with Crippen molar-refractivity contribution in [2.45, 2.75) is 0 Å². The van der Waals surface area contributed by atoms with Gasteiger partial charge in [0.1, 0.15) is 0 Å². The van der Waals surface area contributed by atoms with Gasteiger partial charge in [-0.25, -0.2) is 9.80 Å². The fourth-order valence-electron chi connectivity index (χ4n) is 7.46. The minimum absolute atomic E-state index is 0.240. The fourth-order valence-corrected chi connectivity index (χ4v) is 8.90. The largest absolute Gasteiger partial charge is 0.399 e. The summed E-state index contributed by atoms with van der Waals surface area (Å²) in [6.07, 6.45) is 0. The summed E-state index contributed by atoms with van der Waals surface area (Å²) in [5, 5.41) is 1.74. The van der Waals surface area contributed by atoms with Crippen LogP contribution in [0.25, 0.3) is 44.5 Å². The van der Waals surface area contributed by atoms with Crippen LogP contribution in [0.3, 0.4) is 0 Å². The molecule has 288 valence electrons. The predicted molar refractivity (Wildman–Crippen MR) is 237 cm³/mol. The minimum Gasteiger partial charge on any atom is -0.399 e. The molecule has 7 aromatic rings. The number of imide groups is 2. The molecule has 2 heterocycles. The van der Waals surface area contributed by atoms with Crippen LogP contribution in [-0.4, -0.2) is 23.6 Å². The van der Waals surface area contributed by atoms with E-state index in [1.54, 1.807) is 121 Å². The molecule has 0 saturated carbocycles. The molecule has 2 aliphatic heterocycles. The number of hydrogen-bond donors (Lipinski definition) is 2. The van der Waals surface area contributed by atoms with Crippen molar-refractivity contribution in [3.05, 3.63) is 175 Å². The molecule has 0 radical (unpaired) electrons. The van der Waals surface area contributed by atoms with Crippen molar-refractivity contribution < 1.29 is 19.2 Å². The maximum atomic E-state index is 13.6. The van der Waals surface area contributed by atoms with Crippen LogP contribution < -0.4 is 21.3 Å². The summed E-state index contributed by atoms with van der Waals surface area (Å²) < 4.78 is 0. The Bertz CT molecular complexity index is 3040. The number of carbonyl (C=O) groups is 4. The van der Waals surface area contributed by atoms with E-state index in [0.29, 0.717) is 82.3 Å². The zero-order valence-electron chi connectivity index (χ0n) is 30.2. The second kappa shape index (κ2) is 14.6. The van der Waals surface area contributed by atoms with Gasteiger partial charge in [-0.3, -0.25) is 19.2 Å². The smallest absolute Gasteiger partial charge is 0.266 e. The zero-order chi connectivity index (χ0) is 41.4. The number of fused-ring (bicyclic) bond motifs is 2. The molecule has 59 heavy (non-hydrogen) atoms. The van der Waals surface area contributed by atoms with E-state index in [9.17, 15) is 19.2 Å². The summed E-state index contributed by atoms with van der Waals surface area (Å²) >= 11 is 33.3. The number of benzene rings is 7. The number of carbonyl (C=O) groups excluding carboxylic acids is 4. The highest BCUT2D eigenvalue weighted by Gasteiger charge is 2.38. The Morgan fingerprint density at radius 2 is 0.610 bits per heavy atom. The van der Waals surface area contributed by atoms with Crippen LogP contribution in [-0.2, 0) is 0 Å². The van der Waals surface area contributed by atoms with E-state index in [1.807, 2.05) is 6.07 Å². The first-order valence-corrected chi connectivity index (χ1v) is 19.7. The van der Waals surface area contributed by atoms with Gasteiger partial charge in [-0.15, -0.1) is 0 Å². The van der Waals surface area contributed by atoms with Gasteiger partial charge >= 0.3 is 0 Å². The molecular weight excluding hydrogens is 850 g/mol. The Hall–Kier alpha value is -6.13. The van der Waals surface area contributed by atoms with Gasteiger partial charge in [0.2, 0.25) is 0 Å². The molecule has 0 bridgehead atoms. The number of amides is 4. The van der Waals surface area contributed by atoms with Gasteiger partial charge in [0.15, 0.2) is 0 Å². The zero-order valence-corrected chi connectivity index (χ0v) is 34.0. The number of anilines is 4. The average Bonchev–Trinajstić information content (AvgIpc) is 3.60. The van der Waals surface area contributed by atoms with Crippen LogP contribution >= 0.6 is 58.0 Å². The summed E-state index contributed by atoms with van der Waals surface area (Å²) in [7, 11) is 0. The van der Waals surface area contributed by atoms with Gasteiger partial charge < -0.3 is 11.5 Å². The number of nitrogen functional groups attached to an aromatic ring is 2. The van der Waals surface area contributed by atoms with Crippen molar-refractivity contribution in [1.29, 1.82) is 0 Å². The molecule has 8 nitrogen and oxygen atoms in total. The van der Waals surface area contributed by atoms with Crippen molar-refractivity contribution in [3.8, 4) is 44.5 Å². The molecule has 0 aliphatic carbocycles. The Morgan fingerprint density at radius 1 is 0.305 bits per heavy atom. The third-order valence-electron chi connectivity index (χ3n) is 10.4. The highest BCUT2D eigenvalue weighted by Crippen LogP contribution is 2.42. The van der Waals surface area contributed by atoms with Gasteiger partial charge in [0.05, 0.1) is 53.7 Å². The summed E-state index contributed by atoms with van der Waals surface area (Å²) in [6, 6.07) is 35.3. The van der Waals surface area contributed by atoms with E-state index in [1.165, 1.54) is 0 Å². The molecule has 0 unspecified atom stereocenters. The van der Waals surface area contributed by atoms with E-state index >= 15 is 0 Å². The number of nitrogens with two attached hydrogens (primary N) is 2. The van der Waals surface area contributed by atoms with Gasteiger partial charge in [-0.2, -0.15) is 0 Å². The van der Waals surface area contributed by atoms with E-state index in [0.717, 1.165) is 9.80 Å². The normalized spacial score (nSPS) is 13.4. The van der Waals surface area contributed by atoms with Gasteiger partial charge in [0.25, 0.3) is 23.6 Å². The first kappa shape index (κ1) is 38.4. The SMILES string of the molecule is Nc1ccc(-c2ccc3c(c2)C(=O)N(c2ccc(-c4ccc(-c5ccc(N6C(=O)c7ccc(-c8ccc(N)cc8Cl)cc7C6=O)cc5Cl)c(Cl)c4)c(Cl)c2)C3=O)c(Cl)c1. The van der Waals surface area contributed by atoms with Crippen molar-refractivity contribution in [3.63, 3.8) is 0 Å². The van der Waals surface area contributed by atoms with Crippen molar-refractivity contribution >= 4 is 104 Å². The second-order valence-electron chi connectivity index (χ2n) is 13.9. The van der Waals surface area contributed by atoms with Crippen LogP contribution in [0.1, 0.15) is 41.4 Å². The molecule has 0 aromatic heterocycles. The molecule has 0 spiro atoms. The number of rotatable bonds is 6. The number of nitrogens with zero attached hydrogens (tertiary/aromatic N) is 2. The highest BCUT2D eigenvalue weighted by molar-refractivity contribution is 6.40. The Balaban J connectivity index is 0.948. The molecule has 13 heteroatoms. The predicted octanol–water partition coefficient (Wildman–Crippen LogP) is 12.4. The molecule has 0 saturated heterocycles. The van der Waals surface area contributed by atoms with E-state index in [-0.39, 0.29) is 32.3 Å². The van der Waals surface area contributed by atoms with Crippen molar-refractivity contribution in [2.24, 2.45) is 0 Å². The molecule has 2 aliphatic rings. The molecular formula is C46H25Cl5N4O4. The quantitative estimate of drug-likeness (QED) is 0.127. The standard InChI is InChI=1S/C46H25Cl5N4O4/c47-38-17-24(31-13-6-27(20-41(31)50)54-43(56)34-9-2-22(15-36(34)45(54)58)29-11-4-25(52)18-39(29)48)1-8-32(38)33-14-7-28(21-42(33)51)55-44(57)35-10-3-23(16-37(35)46(55)59)30-12-5-26(53)19-40(30)49/h1-21H,52-53H2. The van der Waals surface area contributed by atoms with Gasteiger partial charge in [0, 0.05) is 44.2 Å². The molecule has 0 fully saturated rings. The lowest BCUT2D eigenvalue weighted by Crippen LogP contribution is -2.29. The number of hydrogen-bond acceptors (Lipinski definition) is 6. The average molecular weight is 875 g/mol. The number of halogens is 5. The topological polar surface area (TPSA) is 127 Å². The first-order valence-electron chi connectivity index (χ1n) is 17.8. The molecule has 7 aromatic carbocycles. The molecule has 4 N–H and O–H groups in total. The Kier molecular flexibility index (Phi) is 9.50.